The molecule has 0 aliphatic rings. The number of hydrogen-bond acceptors (Lipinski definition) is 3. The van der Waals surface area contributed by atoms with E-state index in [1.54, 1.807) is 21.5 Å². The van der Waals surface area contributed by atoms with Gasteiger partial charge in [-0.15, -0.1) is 0 Å². The third-order valence-corrected chi connectivity index (χ3v) is 2.65. The van der Waals surface area contributed by atoms with E-state index in [-0.39, 0.29) is 5.69 Å². The van der Waals surface area contributed by atoms with E-state index in [2.05, 4.69) is 10.3 Å². The number of nitrogens with zero attached hydrogens (tertiary/aromatic N) is 3. The molecule has 0 atom stereocenters. The van der Waals surface area contributed by atoms with E-state index in [9.17, 15) is 4.79 Å². The van der Waals surface area contributed by atoms with Crippen LogP contribution in [0.1, 0.15) is 12.6 Å². The van der Waals surface area contributed by atoms with Crippen molar-refractivity contribution in [1.29, 1.82) is 0 Å². The number of rotatable bonds is 4. The molecular weight excluding hydrogens is 216 g/mol. The number of anilines is 1. The van der Waals surface area contributed by atoms with Crippen molar-refractivity contribution < 1.29 is 0 Å². The predicted molar refractivity (Wildman–Crippen MR) is 67.3 cm³/mol. The molecule has 5 nitrogen and oxygen atoms in total. The number of imidazole rings is 1. The summed E-state index contributed by atoms with van der Waals surface area (Å²) in [4.78, 5) is 16.2. The van der Waals surface area contributed by atoms with Crippen molar-refractivity contribution in [2.24, 2.45) is 0 Å². The molecule has 2 aromatic rings. The van der Waals surface area contributed by atoms with Crippen molar-refractivity contribution in [2.75, 3.05) is 12.4 Å². The zero-order valence-corrected chi connectivity index (χ0v) is 10.1. The Morgan fingerprint density at radius 3 is 2.71 bits per heavy atom. The molecule has 90 valence electrons. The zero-order chi connectivity index (χ0) is 12.3. The van der Waals surface area contributed by atoms with Gasteiger partial charge >= 0.3 is 5.69 Å². The van der Waals surface area contributed by atoms with Crippen LogP contribution in [0.4, 0.5) is 5.82 Å². The maximum absolute atomic E-state index is 11.8. The first kappa shape index (κ1) is 11.4. The van der Waals surface area contributed by atoms with Gasteiger partial charge in [0, 0.05) is 26.0 Å². The van der Waals surface area contributed by atoms with Crippen LogP contribution in [0.15, 0.2) is 35.4 Å². The number of hydrogen-bond donors (Lipinski definition) is 1. The summed E-state index contributed by atoms with van der Waals surface area (Å²) in [6, 6.07) is 5.73. The van der Waals surface area contributed by atoms with E-state index < -0.39 is 0 Å². The second kappa shape index (κ2) is 4.86. The maximum atomic E-state index is 11.8. The summed E-state index contributed by atoms with van der Waals surface area (Å²) in [6.45, 7) is 3.14. The van der Waals surface area contributed by atoms with Crippen LogP contribution >= 0.6 is 0 Å². The minimum Gasteiger partial charge on any atom is -0.373 e. The van der Waals surface area contributed by atoms with Gasteiger partial charge in [0.25, 0.3) is 0 Å². The summed E-state index contributed by atoms with van der Waals surface area (Å²) in [5.41, 5.74) is 0.872. The van der Waals surface area contributed by atoms with Gasteiger partial charge in [0.1, 0.15) is 5.82 Å². The van der Waals surface area contributed by atoms with E-state index in [0.717, 1.165) is 11.5 Å². The maximum Gasteiger partial charge on any atom is 0.328 e. The largest absolute Gasteiger partial charge is 0.373 e. The lowest BCUT2D eigenvalue weighted by Crippen LogP contribution is -2.24. The third kappa shape index (κ3) is 2.38. The fraction of sp³-hybridized carbons (Fsp3) is 0.333. The highest BCUT2D eigenvalue weighted by molar-refractivity contribution is 5.34. The Kier molecular flexibility index (Phi) is 3.27. The van der Waals surface area contributed by atoms with Gasteiger partial charge in [-0.25, -0.2) is 9.78 Å². The highest BCUT2D eigenvalue weighted by Crippen LogP contribution is 2.04. The monoisotopic (exact) mass is 232 g/mol. The van der Waals surface area contributed by atoms with Crippen LogP contribution in [-0.4, -0.2) is 21.2 Å². The topological polar surface area (TPSA) is 51.9 Å². The Morgan fingerprint density at radius 1 is 1.29 bits per heavy atom. The Labute approximate surface area is 99.7 Å². The molecule has 0 aromatic carbocycles. The molecule has 0 aliphatic carbocycles. The van der Waals surface area contributed by atoms with Gasteiger partial charge in [-0.05, 0) is 19.1 Å². The molecule has 0 saturated heterocycles. The standard InChI is InChI=1S/C12H16N4O/c1-3-15-7-8-16(12(15)17)9-10-5-4-6-11(13-2)14-10/h4-8H,3,9H2,1-2H3,(H,13,14). The molecule has 0 bridgehead atoms. The molecule has 0 spiro atoms. The normalized spacial score (nSPS) is 10.5. The Balaban J connectivity index is 2.25. The molecule has 1 N–H and O–H groups in total. The van der Waals surface area contributed by atoms with Crippen molar-refractivity contribution in [3.63, 3.8) is 0 Å². The molecule has 17 heavy (non-hydrogen) atoms. The van der Waals surface area contributed by atoms with E-state index >= 15 is 0 Å². The van der Waals surface area contributed by atoms with E-state index in [0.29, 0.717) is 13.1 Å². The first-order chi connectivity index (χ1) is 8.24. The van der Waals surface area contributed by atoms with Gasteiger partial charge in [0.2, 0.25) is 0 Å². The van der Waals surface area contributed by atoms with E-state index in [1.165, 1.54) is 0 Å². The molecule has 0 saturated carbocycles. The fourth-order valence-electron chi connectivity index (χ4n) is 1.70. The van der Waals surface area contributed by atoms with E-state index in [1.807, 2.05) is 32.2 Å². The van der Waals surface area contributed by atoms with Gasteiger partial charge in [0.15, 0.2) is 0 Å². The van der Waals surface area contributed by atoms with Crippen molar-refractivity contribution in [3.05, 3.63) is 46.8 Å². The smallest absolute Gasteiger partial charge is 0.328 e. The second-order valence-electron chi connectivity index (χ2n) is 3.76. The SMILES string of the molecule is CCn1ccn(Cc2cccc(NC)n2)c1=O. The molecule has 2 rings (SSSR count). The molecule has 0 amide bonds. The van der Waals surface area contributed by atoms with Crippen LogP contribution in [-0.2, 0) is 13.1 Å². The minimum absolute atomic E-state index is 0.00385. The van der Waals surface area contributed by atoms with Gasteiger partial charge in [-0.3, -0.25) is 9.13 Å². The molecule has 2 heterocycles. The average Bonchev–Trinajstić information content (AvgIpc) is 2.71. The van der Waals surface area contributed by atoms with Crippen LogP contribution in [0.25, 0.3) is 0 Å². The molecule has 5 heteroatoms. The van der Waals surface area contributed by atoms with Crippen LogP contribution in [0.2, 0.25) is 0 Å². The zero-order valence-electron chi connectivity index (χ0n) is 10.1. The van der Waals surface area contributed by atoms with Crippen molar-refractivity contribution in [2.45, 2.75) is 20.0 Å². The first-order valence-electron chi connectivity index (χ1n) is 5.64. The quantitative estimate of drug-likeness (QED) is 0.860. The first-order valence-corrected chi connectivity index (χ1v) is 5.64. The van der Waals surface area contributed by atoms with Crippen LogP contribution in [0, 0.1) is 0 Å². The predicted octanol–water partition coefficient (Wildman–Crippen LogP) is 1.15. The molecule has 0 radical (unpaired) electrons. The summed E-state index contributed by atoms with van der Waals surface area (Å²) in [5.74, 6) is 0.811. The summed E-state index contributed by atoms with van der Waals surface area (Å²) >= 11 is 0. The molecule has 0 aliphatic heterocycles. The van der Waals surface area contributed by atoms with Gasteiger partial charge in [-0.1, -0.05) is 6.07 Å². The highest BCUT2D eigenvalue weighted by Gasteiger charge is 2.03. The number of aromatic nitrogens is 3. The lowest BCUT2D eigenvalue weighted by Gasteiger charge is -2.04. The molecule has 0 unspecified atom stereocenters. The van der Waals surface area contributed by atoms with Crippen molar-refractivity contribution in [1.82, 2.24) is 14.1 Å². The van der Waals surface area contributed by atoms with E-state index in [4.69, 9.17) is 0 Å². The number of aryl methyl sites for hydroxylation is 1. The fourth-order valence-corrected chi connectivity index (χ4v) is 1.70. The lowest BCUT2D eigenvalue weighted by atomic mass is 10.3. The summed E-state index contributed by atoms with van der Waals surface area (Å²) in [5, 5.41) is 2.98. The van der Waals surface area contributed by atoms with Crippen LogP contribution in [0.3, 0.4) is 0 Å². The minimum atomic E-state index is 0.00385. The Bertz CT molecular complexity index is 556. The van der Waals surface area contributed by atoms with Crippen LogP contribution in [0.5, 0.6) is 0 Å². The molecular formula is C12H16N4O. The molecule has 2 aromatic heterocycles. The summed E-state index contributed by atoms with van der Waals surface area (Å²) < 4.78 is 3.33. The molecule has 0 fully saturated rings. The second-order valence-corrected chi connectivity index (χ2v) is 3.76. The van der Waals surface area contributed by atoms with Crippen molar-refractivity contribution >= 4 is 5.82 Å². The van der Waals surface area contributed by atoms with Crippen LogP contribution < -0.4 is 11.0 Å². The average molecular weight is 232 g/mol. The number of nitrogens with one attached hydrogen (secondary N) is 1. The van der Waals surface area contributed by atoms with Gasteiger partial charge < -0.3 is 5.32 Å². The summed E-state index contributed by atoms with van der Waals surface area (Å²) in [6.07, 6.45) is 3.59. The summed E-state index contributed by atoms with van der Waals surface area (Å²) in [7, 11) is 1.83. The van der Waals surface area contributed by atoms with Gasteiger partial charge in [0.05, 0.1) is 12.2 Å². The van der Waals surface area contributed by atoms with Crippen molar-refractivity contribution in [3.8, 4) is 0 Å². The number of pyridine rings is 1. The van der Waals surface area contributed by atoms with Gasteiger partial charge in [-0.2, -0.15) is 0 Å². The highest BCUT2D eigenvalue weighted by atomic mass is 16.1. The Hall–Kier alpha value is -2.04. The third-order valence-electron chi connectivity index (χ3n) is 2.65. The lowest BCUT2D eigenvalue weighted by molar-refractivity contribution is 0.662. The Morgan fingerprint density at radius 2 is 2.06 bits per heavy atom.